The van der Waals surface area contributed by atoms with Crippen molar-refractivity contribution < 1.29 is 9.47 Å². The lowest BCUT2D eigenvalue weighted by molar-refractivity contribution is 0.394. The molecule has 0 atom stereocenters. The van der Waals surface area contributed by atoms with Gasteiger partial charge in [-0.25, -0.2) is 0 Å². The predicted molar refractivity (Wildman–Crippen MR) is 80.9 cm³/mol. The summed E-state index contributed by atoms with van der Waals surface area (Å²) in [5.74, 6) is 2.33. The monoisotopic (exact) mass is 263 g/mol. The maximum absolute atomic E-state index is 5.24. The average molecular weight is 263 g/mol. The molecule has 0 saturated heterocycles. The molecule has 19 heavy (non-hydrogen) atoms. The molecule has 0 bridgehead atoms. The quantitative estimate of drug-likeness (QED) is 0.730. The van der Waals surface area contributed by atoms with Crippen molar-refractivity contribution in [1.29, 1.82) is 0 Å². The van der Waals surface area contributed by atoms with Gasteiger partial charge in [0.15, 0.2) is 0 Å². The summed E-state index contributed by atoms with van der Waals surface area (Å²) in [4.78, 5) is 0. The highest BCUT2D eigenvalue weighted by Crippen LogP contribution is 2.23. The minimum absolute atomic E-state index is 0.701. The highest BCUT2D eigenvalue weighted by Gasteiger charge is 1.99. The van der Waals surface area contributed by atoms with Crippen molar-refractivity contribution in [2.45, 2.75) is 20.3 Å². The van der Waals surface area contributed by atoms with Crippen LogP contribution in [0.25, 0.3) is 6.08 Å². The van der Waals surface area contributed by atoms with Crippen LogP contribution in [0.2, 0.25) is 0 Å². The van der Waals surface area contributed by atoms with E-state index in [1.807, 2.05) is 18.2 Å². The minimum atomic E-state index is 0.701. The molecule has 0 aliphatic heterocycles. The van der Waals surface area contributed by atoms with Gasteiger partial charge in [0.1, 0.15) is 11.5 Å². The Morgan fingerprint density at radius 3 is 2.26 bits per heavy atom. The average Bonchev–Trinajstić information content (AvgIpc) is 2.41. The number of ether oxygens (including phenoxy) is 2. The Morgan fingerprint density at radius 2 is 1.74 bits per heavy atom. The summed E-state index contributed by atoms with van der Waals surface area (Å²) in [6.07, 6.45) is 5.29. The molecule has 0 saturated carbocycles. The molecule has 0 radical (unpaired) electrons. The number of benzene rings is 1. The van der Waals surface area contributed by atoms with Gasteiger partial charge in [0, 0.05) is 6.07 Å². The molecular weight excluding hydrogens is 238 g/mol. The summed E-state index contributed by atoms with van der Waals surface area (Å²) < 4.78 is 10.5. The van der Waals surface area contributed by atoms with Crippen LogP contribution >= 0.6 is 0 Å². The molecule has 0 heterocycles. The molecule has 0 amide bonds. The van der Waals surface area contributed by atoms with Crippen LogP contribution in [0.4, 0.5) is 0 Å². The van der Waals surface area contributed by atoms with Crippen molar-refractivity contribution in [2.24, 2.45) is 5.92 Å². The normalized spacial score (nSPS) is 11.2. The fraction of sp³-hybridized carbons (Fsp3) is 0.500. The van der Waals surface area contributed by atoms with Crippen molar-refractivity contribution in [3.63, 3.8) is 0 Å². The van der Waals surface area contributed by atoms with E-state index in [4.69, 9.17) is 9.47 Å². The molecule has 0 aliphatic carbocycles. The maximum Gasteiger partial charge on any atom is 0.123 e. The van der Waals surface area contributed by atoms with Crippen LogP contribution in [0.5, 0.6) is 11.5 Å². The second kappa shape index (κ2) is 8.59. The van der Waals surface area contributed by atoms with Gasteiger partial charge in [0.2, 0.25) is 0 Å². The van der Waals surface area contributed by atoms with Crippen LogP contribution in [-0.2, 0) is 0 Å². The lowest BCUT2D eigenvalue weighted by Gasteiger charge is -2.06. The van der Waals surface area contributed by atoms with E-state index in [1.165, 1.54) is 0 Å². The molecular formula is C16H25NO2. The Bertz CT molecular complexity index is 377. The Labute approximate surface area is 116 Å². The first-order valence-electron chi connectivity index (χ1n) is 6.76. The first-order valence-corrected chi connectivity index (χ1v) is 6.76. The van der Waals surface area contributed by atoms with Gasteiger partial charge in [-0.15, -0.1) is 0 Å². The van der Waals surface area contributed by atoms with E-state index in [0.29, 0.717) is 5.92 Å². The topological polar surface area (TPSA) is 30.5 Å². The van der Waals surface area contributed by atoms with Gasteiger partial charge in [0.25, 0.3) is 0 Å². The smallest absolute Gasteiger partial charge is 0.123 e. The molecule has 0 aliphatic rings. The van der Waals surface area contributed by atoms with Gasteiger partial charge < -0.3 is 14.8 Å². The van der Waals surface area contributed by atoms with E-state index in [-0.39, 0.29) is 0 Å². The fourth-order valence-electron chi connectivity index (χ4n) is 1.72. The van der Waals surface area contributed by atoms with Gasteiger partial charge in [-0.3, -0.25) is 0 Å². The standard InChI is InChI=1S/C16H25NO2/c1-13(2)12-17-8-6-5-7-14-9-15(18-3)11-16(10-14)19-4/h5,7,9-11,13,17H,6,8,12H2,1-4H3. The fourth-order valence-corrected chi connectivity index (χ4v) is 1.72. The number of hydrogen-bond donors (Lipinski definition) is 1. The van der Waals surface area contributed by atoms with Gasteiger partial charge in [-0.05, 0) is 43.1 Å². The molecule has 0 unspecified atom stereocenters. The Balaban J connectivity index is 2.47. The first-order chi connectivity index (χ1) is 9.15. The van der Waals surface area contributed by atoms with Crippen LogP contribution in [-0.4, -0.2) is 27.3 Å². The second-order valence-electron chi connectivity index (χ2n) is 4.94. The van der Waals surface area contributed by atoms with E-state index in [0.717, 1.165) is 36.6 Å². The van der Waals surface area contributed by atoms with E-state index >= 15 is 0 Å². The van der Waals surface area contributed by atoms with Crippen LogP contribution in [0.3, 0.4) is 0 Å². The number of rotatable bonds is 8. The lowest BCUT2D eigenvalue weighted by Crippen LogP contribution is -2.20. The van der Waals surface area contributed by atoms with Crippen LogP contribution < -0.4 is 14.8 Å². The minimum Gasteiger partial charge on any atom is -0.497 e. The van der Waals surface area contributed by atoms with Crippen molar-refractivity contribution in [3.05, 3.63) is 29.8 Å². The Kier molecular flexibility index (Phi) is 7.04. The molecule has 1 aromatic carbocycles. The number of nitrogens with one attached hydrogen (secondary N) is 1. The van der Waals surface area contributed by atoms with Crippen molar-refractivity contribution in [1.82, 2.24) is 5.32 Å². The van der Waals surface area contributed by atoms with Gasteiger partial charge in [-0.2, -0.15) is 0 Å². The SMILES string of the molecule is COc1cc(C=CCCNCC(C)C)cc(OC)c1. The third-order valence-electron chi connectivity index (χ3n) is 2.72. The zero-order chi connectivity index (χ0) is 14.1. The van der Waals surface area contributed by atoms with E-state index in [2.05, 4.69) is 31.3 Å². The number of methoxy groups -OCH3 is 2. The third-order valence-corrected chi connectivity index (χ3v) is 2.72. The van der Waals surface area contributed by atoms with Gasteiger partial charge >= 0.3 is 0 Å². The van der Waals surface area contributed by atoms with E-state index in [9.17, 15) is 0 Å². The Morgan fingerprint density at radius 1 is 1.11 bits per heavy atom. The molecule has 0 spiro atoms. The van der Waals surface area contributed by atoms with E-state index < -0.39 is 0 Å². The maximum atomic E-state index is 5.24. The summed E-state index contributed by atoms with van der Waals surface area (Å²) in [5, 5.41) is 3.42. The first kappa shape index (κ1) is 15.6. The molecule has 1 N–H and O–H groups in total. The summed E-state index contributed by atoms with van der Waals surface area (Å²) in [7, 11) is 3.33. The van der Waals surface area contributed by atoms with Crippen molar-refractivity contribution in [2.75, 3.05) is 27.3 Å². The van der Waals surface area contributed by atoms with Crippen molar-refractivity contribution in [3.8, 4) is 11.5 Å². The summed E-state index contributed by atoms with van der Waals surface area (Å²) >= 11 is 0. The largest absolute Gasteiger partial charge is 0.497 e. The summed E-state index contributed by atoms with van der Waals surface area (Å²) in [6.45, 7) is 6.51. The highest BCUT2D eigenvalue weighted by molar-refractivity contribution is 5.55. The molecule has 106 valence electrons. The predicted octanol–water partition coefficient (Wildman–Crippen LogP) is 3.35. The molecule has 1 rings (SSSR count). The Hall–Kier alpha value is -1.48. The highest BCUT2D eigenvalue weighted by atomic mass is 16.5. The summed E-state index contributed by atoms with van der Waals surface area (Å²) in [5.41, 5.74) is 1.10. The van der Waals surface area contributed by atoms with Crippen LogP contribution in [0.1, 0.15) is 25.8 Å². The molecule has 0 aromatic heterocycles. The van der Waals surface area contributed by atoms with Crippen LogP contribution in [0, 0.1) is 5.92 Å². The molecule has 3 nitrogen and oxygen atoms in total. The third kappa shape index (κ3) is 6.30. The van der Waals surface area contributed by atoms with Gasteiger partial charge in [-0.1, -0.05) is 26.0 Å². The second-order valence-corrected chi connectivity index (χ2v) is 4.94. The van der Waals surface area contributed by atoms with Crippen LogP contribution in [0.15, 0.2) is 24.3 Å². The molecule has 1 aromatic rings. The molecule has 0 fully saturated rings. The summed E-state index contributed by atoms with van der Waals surface area (Å²) in [6, 6.07) is 5.88. The lowest BCUT2D eigenvalue weighted by atomic mass is 10.1. The molecule has 3 heteroatoms. The zero-order valence-electron chi connectivity index (χ0n) is 12.4. The van der Waals surface area contributed by atoms with Gasteiger partial charge in [0.05, 0.1) is 14.2 Å². The van der Waals surface area contributed by atoms with Crippen molar-refractivity contribution >= 4 is 6.08 Å². The zero-order valence-corrected chi connectivity index (χ0v) is 12.4. The van der Waals surface area contributed by atoms with E-state index in [1.54, 1.807) is 14.2 Å². The number of hydrogen-bond acceptors (Lipinski definition) is 3.